The van der Waals surface area contributed by atoms with Gasteiger partial charge in [0.05, 0.1) is 11.6 Å². The van der Waals surface area contributed by atoms with Crippen LogP contribution in [0.3, 0.4) is 0 Å². The maximum atomic E-state index is 12.3. The minimum absolute atomic E-state index is 0.242. The molecular weight excluding hydrogens is 358 g/mol. The summed E-state index contributed by atoms with van der Waals surface area (Å²) in [6.45, 7) is 3.46. The number of rotatable bonds is 9. The topological polar surface area (TPSA) is 125 Å². The van der Waals surface area contributed by atoms with Crippen molar-refractivity contribution in [1.82, 2.24) is 0 Å². The predicted molar refractivity (Wildman–Crippen MR) is 105 cm³/mol. The SMILES string of the molecule is CCc1cc(C(CC)(Nc2ccc(C#N)cc2)C(=O)O)ccc1OCC(N)=O. The molecule has 0 saturated heterocycles. The van der Waals surface area contributed by atoms with Crippen LogP contribution in [0.2, 0.25) is 0 Å². The van der Waals surface area contributed by atoms with Crippen LogP contribution in [0.1, 0.15) is 37.0 Å². The Bertz CT molecular complexity index is 903. The number of benzene rings is 2. The first-order valence-corrected chi connectivity index (χ1v) is 8.92. The van der Waals surface area contributed by atoms with Gasteiger partial charge in [-0.15, -0.1) is 0 Å². The maximum absolute atomic E-state index is 12.3. The lowest BCUT2D eigenvalue weighted by molar-refractivity contribution is -0.142. The van der Waals surface area contributed by atoms with E-state index < -0.39 is 17.4 Å². The lowest BCUT2D eigenvalue weighted by Crippen LogP contribution is -2.43. The molecule has 0 bridgehead atoms. The summed E-state index contributed by atoms with van der Waals surface area (Å²) in [5.74, 6) is -1.10. The van der Waals surface area contributed by atoms with Crippen molar-refractivity contribution in [1.29, 1.82) is 5.26 Å². The molecule has 2 aromatic carbocycles. The molecule has 0 aliphatic heterocycles. The first-order chi connectivity index (χ1) is 13.4. The fourth-order valence-corrected chi connectivity index (χ4v) is 2.98. The molecule has 7 heteroatoms. The number of carbonyl (C=O) groups is 2. The number of hydrogen-bond donors (Lipinski definition) is 3. The van der Waals surface area contributed by atoms with E-state index in [2.05, 4.69) is 5.32 Å². The lowest BCUT2D eigenvalue weighted by Gasteiger charge is -2.32. The molecule has 0 fully saturated rings. The first kappa shape index (κ1) is 20.8. The summed E-state index contributed by atoms with van der Waals surface area (Å²) in [6.07, 6.45) is 0.880. The summed E-state index contributed by atoms with van der Waals surface area (Å²) in [6, 6.07) is 13.7. The monoisotopic (exact) mass is 381 g/mol. The Balaban J connectivity index is 2.45. The van der Waals surface area contributed by atoms with Gasteiger partial charge in [0.25, 0.3) is 5.91 Å². The van der Waals surface area contributed by atoms with Crippen molar-refractivity contribution >= 4 is 17.6 Å². The Labute approximate surface area is 163 Å². The molecule has 0 aliphatic carbocycles. The molecule has 0 aliphatic rings. The first-order valence-electron chi connectivity index (χ1n) is 8.92. The van der Waals surface area contributed by atoms with Crippen molar-refractivity contribution < 1.29 is 19.4 Å². The molecule has 1 amide bonds. The van der Waals surface area contributed by atoms with E-state index in [4.69, 9.17) is 15.7 Å². The zero-order valence-electron chi connectivity index (χ0n) is 15.9. The number of aryl methyl sites for hydroxylation is 1. The van der Waals surface area contributed by atoms with Crippen LogP contribution in [-0.4, -0.2) is 23.6 Å². The van der Waals surface area contributed by atoms with Crippen molar-refractivity contribution in [2.45, 2.75) is 32.2 Å². The van der Waals surface area contributed by atoms with E-state index in [0.717, 1.165) is 5.56 Å². The normalized spacial score (nSPS) is 12.5. The summed E-state index contributed by atoms with van der Waals surface area (Å²) >= 11 is 0. The highest BCUT2D eigenvalue weighted by atomic mass is 16.5. The maximum Gasteiger partial charge on any atom is 0.334 e. The van der Waals surface area contributed by atoms with E-state index in [9.17, 15) is 14.7 Å². The number of nitrogens with zero attached hydrogens (tertiary/aromatic N) is 1. The van der Waals surface area contributed by atoms with E-state index in [1.165, 1.54) is 0 Å². The van der Waals surface area contributed by atoms with Gasteiger partial charge in [0, 0.05) is 5.69 Å². The number of carboxylic acid groups (broad SMARTS) is 1. The van der Waals surface area contributed by atoms with Crippen molar-refractivity contribution in [3.63, 3.8) is 0 Å². The Morgan fingerprint density at radius 1 is 1.21 bits per heavy atom. The molecule has 0 spiro atoms. The van der Waals surface area contributed by atoms with Crippen molar-refractivity contribution in [3.05, 3.63) is 59.2 Å². The Morgan fingerprint density at radius 3 is 2.39 bits per heavy atom. The van der Waals surface area contributed by atoms with E-state index >= 15 is 0 Å². The van der Waals surface area contributed by atoms with Gasteiger partial charge in [-0.25, -0.2) is 4.79 Å². The smallest absolute Gasteiger partial charge is 0.334 e. The zero-order valence-corrected chi connectivity index (χ0v) is 15.9. The Kier molecular flexibility index (Phi) is 6.61. The minimum Gasteiger partial charge on any atom is -0.484 e. The summed E-state index contributed by atoms with van der Waals surface area (Å²) in [7, 11) is 0. The molecule has 0 aromatic heterocycles. The van der Waals surface area contributed by atoms with Gasteiger partial charge < -0.3 is 20.9 Å². The van der Waals surface area contributed by atoms with Crippen LogP contribution in [0.5, 0.6) is 5.75 Å². The number of aliphatic carboxylic acids is 1. The lowest BCUT2D eigenvalue weighted by atomic mass is 9.85. The van der Waals surface area contributed by atoms with Crippen LogP contribution in [0, 0.1) is 11.3 Å². The minimum atomic E-state index is -1.36. The van der Waals surface area contributed by atoms with Gasteiger partial charge in [-0.3, -0.25) is 4.79 Å². The molecule has 0 heterocycles. The highest BCUT2D eigenvalue weighted by Crippen LogP contribution is 2.33. The van der Waals surface area contributed by atoms with E-state index in [1.807, 2.05) is 13.0 Å². The van der Waals surface area contributed by atoms with Gasteiger partial charge in [0.2, 0.25) is 0 Å². The number of anilines is 1. The third kappa shape index (κ3) is 4.41. The number of nitrogens with one attached hydrogen (secondary N) is 1. The molecule has 0 saturated carbocycles. The van der Waals surface area contributed by atoms with Crippen LogP contribution in [0.4, 0.5) is 5.69 Å². The number of carbonyl (C=O) groups excluding carboxylic acids is 1. The zero-order chi connectivity index (χ0) is 20.7. The fraction of sp³-hybridized carbons (Fsp3) is 0.286. The quantitative estimate of drug-likeness (QED) is 0.613. The number of nitrogens with two attached hydrogens (primary N) is 1. The van der Waals surface area contributed by atoms with Gasteiger partial charge >= 0.3 is 5.97 Å². The van der Waals surface area contributed by atoms with E-state index in [1.54, 1.807) is 49.4 Å². The highest BCUT2D eigenvalue weighted by molar-refractivity contribution is 5.85. The van der Waals surface area contributed by atoms with Gasteiger partial charge in [-0.05, 0) is 60.4 Å². The highest BCUT2D eigenvalue weighted by Gasteiger charge is 2.39. The number of carboxylic acids is 1. The second-order valence-corrected chi connectivity index (χ2v) is 6.31. The number of hydrogen-bond acceptors (Lipinski definition) is 5. The molecule has 0 radical (unpaired) electrons. The third-order valence-corrected chi connectivity index (χ3v) is 4.57. The van der Waals surface area contributed by atoms with Crippen LogP contribution in [-0.2, 0) is 21.5 Å². The standard InChI is InChI=1S/C21H23N3O4/c1-3-15-11-16(7-10-18(15)28-13-19(23)25)21(4-2,20(26)27)24-17-8-5-14(12-22)6-9-17/h5-11,24H,3-4,13H2,1-2H3,(H2,23,25)(H,26,27). The van der Waals surface area contributed by atoms with Crippen molar-refractivity contribution in [3.8, 4) is 11.8 Å². The summed E-state index contributed by atoms with van der Waals surface area (Å²) in [5.41, 5.74) is 6.19. The average Bonchev–Trinajstić information content (AvgIpc) is 2.70. The van der Waals surface area contributed by atoms with Crippen LogP contribution in [0.25, 0.3) is 0 Å². The van der Waals surface area contributed by atoms with Gasteiger partial charge in [-0.1, -0.05) is 19.9 Å². The van der Waals surface area contributed by atoms with Gasteiger partial charge in [0.15, 0.2) is 12.1 Å². The molecule has 1 atom stereocenters. The molecule has 2 aromatic rings. The number of nitriles is 1. The summed E-state index contributed by atoms with van der Waals surface area (Å²) in [5, 5.41) is 22.1. The molecule has 1 unspecified atom stereocenters. The van der Waals surface area contributed by atoms with E-state index in [0.29, 0.717) is 29.0 Å². The molecule has 146 valence electrons. The molecule has 28 heavy (non-hydrogen) atoms. The largest absolute Gasteiger partial charge is 0.484 e. The van der Waals surface area contributed by atoms with Crippen LogP contribution >= 0.6 is 0 Å². The second kappa shape index (κ2) is 8.91. The van der Waals surface area contributed by atoms with Crippen LogP contribution < -0.4 is 15.8 Å². The van der Waals surface area contributed by atoms with E-state index in [-0.39, 0.29) is 13.0 Å². The Hall–Kier alpha value is -3.53. The van der Waals surface area contributed by atoms with Crippen molar-refractivity contribution in [2.75, 3.05) is 11.9 Å². The molecule has 4 N–H and O–H groups in total. The predicted octanol–water partition coefficient (Wildman–Crippen LogP) is 2.79. The van der Waals surface area contributed by atoms with Gasteiger partial charge in [-0.2, -0.15) is 5.26 Å². The Morgan fingerprint density at radius 2 is 1.89 bits per heavy atom. The molecular formula is C21H23N3O4. The van der Waals surface area contributed by atoms with Gasteiger partial charge in [0.1, 0.15) is 5.75 Å². The number of ether oxygens (including phenoxy) is 1. The summed E-state index contributed by atoms with van der Waals surface area (Å²) < 4.78 is 5.42. The second-order valence-electron chi connectivity index (χ2n) is 6.31. The molecule has 2 rings (SSSR count). The summed E-state index contributed by atoms with van der Waals surface area (Å²) in [4.78, 5) is 23.2. The number of amides is 1. The molecule has 7 nitrogen and oxygen atoms in total. The van der Waals surface area contributed by atoms with Crippen molar-refractivity contribution in [2.24, 2.45) is 5.73 Å². The third-order valence-electron chi connectivity index (χ3n) is 4.57. The average molecular weight is 381 g/mol. The fourth-order valence-electron chi connectivity index (χ4n) is 2.98. The number of primary amides is 1. The van der Waals surface area contributed by atoms with Crippen LogP contribution in [0.15, 0.2) is 42.5 Å².